The quantitative estimate of drug-likeness (QED) is 0.393. The summed E-state index contributed by atoms with van der Waals surface area (Å²) in [5, 5.41) is 3.15. The van der Waals surface area contributed by atoms with Crippen molar-refractivity contribution in [2.24, 2.45) is 0 Å². The van der Waals surface area contributed by atoms with Crippen molar-refractivity contribution in [3.8, 4) is 0 Å². The lowest BCUT2D eigenvalue weighted by molar-refractivity contribution is -0.207. The number of benzene rings is 2. The van der Waals surface area contributed by atoms with Crippen molar-refractivity contribution < 1.29 is 31.9 Å². The molecule has 0 saturated carbocycles. The lowest BCUT2D eigenvalue weighted by Gasteiger charge is -2.35. The van der Waals surface area contributed by atoms with Crippen LogP contribution < -0.4 is 10.6 Å². The molecular weight excluding hydrogens is 416 g/mol. The standard InChI is InChI=1S/C19H17ClF4N2O3/c1-2-29-17(28)18(19(22,23)24,25-13-8-9-15(21)14(20)11-13)26-16(27)10-12-6-4-3-5-7-12/h3-9,11,25H,2,10H2,1H3,(H,26,27)/t18-/m1/s1. The Morgan fingerprint density at radius 3 is 2.31 bits per heavy atom. The van der Waals surface area contributed by atoms with Gasteiger partial charge in [-0.3, -0.25) is 4.79 Å². The van der Waals surface area contributed by atoms with E-state index in [1.807, 2.05) is 5.32 Å². The molecule has 156 valence electrons. The van der Waals surface area contributed by atoms with Gasteiger partial charge in [-0.1, -0.05) is 41.9 Å². The van der Waals surface area contributed by atoms with Crippen LogP contribution in [0.4, 0.5) is 23.2 Å². The van der Waals surface area contributed by atoms with E-state index in [1.54, 1.807) is 35.6 Å². The SMILES string of the molecule is CCOC(=O)[C@](NC(=O)Cc1ccccc1)(Nc1ccc(F)c(Cl)c1)C(F)(F)F. The number of amides is 1. The number of carbonyl (C=O) groups excluding carboxylic acids is 2. The minimum Gasteiger partial charge on any atom is -0.463 e. The third kappa shape index (κ3) is 5.38. The molecule has 1 amide bonds. The second kappa shape index (κ2) is 9.13. The number of carbonyl (C=O) groups is 2. The lowest BCUT2D eigenvalue weighted by atomic mass is 10.1. The van der Waals surface area contributed by atoms with Crippen LogP contribution in [-0.2, 0) is 20.7 Å². The molecule has 2 aromatic carbocycles. The van der Waals surface area contributed by atoms with Crippen LogP contribution >= 0.6 is 11.6 Å². The molecule has 2 rings (SSSR count). The number of ether oxygens (including phenoxy) is 1. The first-order valence-corrected chi connectivity index (χ1v) is 8.79. The van der Waals surface area contributed by atoms with Gasteiger partial charge >= 0.3 is 17.8 Å². The largest absolute Gasteiger partial charge is 0.463 e. The van der Waals surface area contributed by atoms with Crippen molar-refractivity contribution >= 4 is 29.2 Å². The monoisotopic (exact) mass is 432 g/mol. The molecule has 2 N–H and O–H groups in total. The lowest BCUT2D eigenvalue weighted by Crippen LogP contribution is -2.69. The fourth-order valence-corrected chi connectivity index (χ4v) is 2.64. The van der Waals surface area contributed by atoms with Gasteiger partial charge in [-0.2, -0.15) is 13.2 Å². The Morgan fingerprint density at radius 2 is 1.76 bits per heavy atom. The van der Waals surface area contributed by atoms with Crippen molar-refractivity contribution in [1.82, 2.24) is 5.32 Å². The molecule has 29 heavy (non-hydrogen) atoms. The van der Waals surface area contributed by atoms with Crippen LogP contribution in [0, 0.1) is 5.82 Å². The van der Waals surface area contributed by atoms with Crippen LogP contribution in [0.5, 0.6) is 0 Å². The van der Waals surface area contributed by atoms with Crippen molar-refractivity contribution in [3.63, 3.8) is 0 Å². The zero-order valence-electron chi connectivity index (χ0n) is 15.1. The molecule has 5 nitrogen and oxygen atoms in total. The van der Waals surface area contributed by atoms with Crippen LogP contribution in [0.2, 0.25) is 5.02 Å². The maximum Gasteiger partial charge on any atom is 0.441 e. The number of hydrogen-bond acceptors (Lipinski definition) is 4. The Bertz CT molecular complexity index is 878. The molecule has 0 radical (unpaired) electrons. The van der Waals surface area contributed by atoms with E-state index in [4.69, 9.17) is 11.6 Å². The topological polar surface area (TPSA) is 67.4 Å². The number of alkyl halides is 3. The van der Waals surface area contributed by atoms with Gasteiger partial charge in [-0.05, 0) is 30.7 Å². The summed E-state index contributed by atoms with van der Waals surface area (Å²) in [5.74, 6) is -3.71. The molecule has 0 bridgehead atoms. The first-order chi connectivity index (χ1) is 13.6. The molecule has 0 unspecified atom stereocenters. The molecule has 0 aliphatic heterocycles. The highest BCUT2D eigenvalue weighted by molar-refractivity contribution is 6.31. The van der Waals surface area contributed by atoms with Gasteiger partial charge in [0.2, 0.25) is 5.91 Å². The highest BCUT2D eigenvalue weighted by atomic mass is 35.5. The van der Waals surface area contributed by atoms with Gasteiger partial charge < -0.3 is 15.4 Å². The Labute approximate surface area is 169 Å². The average molecular weight is 433 g/mol. The number of hydrogen-bond donors (Lipinski definition) is 2. The van der Waals surface area contributed by atoms with E-state index < -0.39 is 41.0 Å². The van der Waals surface area contributed by atoms with Gasteiger partial charge in [-0.25, -0.2) is 9.18 Å². The predicted molar refractivity (Wildman–Crippen MR) is 98.7 cm³/mol. The molecule has 0 fully saturated rings. The Balaban J connectivity index is 2.42. The summed E-state index contributed by atoms with van der Waals surface area (Å²) in [6.07, 6.45) is -5.71. The molecule has 10 heteroatoms. The maximum absolute atomic E-state index is 14.0. The van der Waals surface area contributed by atoms with Crippen LogP contribution in [0.3, 0.4) is 0 Å². The van der Waals surface area contributed by atoms with Crippen LogP contribution in [0.15, 0.2) is 48.5 Å². The second-order valence-electron chi connectivity index (χ2n) is 5.93. The van der Waals surface area contributed by atoms with E-state index in [2.05, 4.69) is 4.74 Å². The third-order valence-corrected chi connectivity index (χ3v) is 4.08. The van der Waals surface area contributed by atoms with Gasteiger partial charge in [0.05, 0.1) is 18.1 Å². The summed E-state index contributed by atoms with van der Waals surface area (Å²) < 4.78 is 60.0. The van der Waals surface area contributed by atoms with Gasteiger partial charge in [-0.15, -0.1) is 0 Å². The summed E-state index contributed by atoms with van der Waals surface area (Å²) in [7, 11) is 0. The summed E-state index contributed by atoms with van der Waals surface area (Å²) in [4.78, 5) is 24.7. The number of nitrogens with one attached hydrogen (secondary N) is 2. The van der Waals surface area contributed by atoms with Crippen LogP contribution in [0.25, 0.3) is 0 Å². The van der Waals surface area contributed by atoms with Crippen molar-refractivity contribution in [2.75, 3.05) is 11.9 Å². The first kappa shape index (κ1) is 22.5. The zero-order chi connectivity index (χ0) is 21.7. The highest BCUT2D eigenvalue weighted by Crippen LogP contribution is 2.34. The smallest absolute Gasteiger partial charge is 0.441 e. The fourth-order valence-electron chi connectivity index (χ4n) is 2.46. The highest BCUT2D eigenvalue weighted by Gasteiger charge is 2.63. The Kier molecular flexibility index (Phi) is 7.07. The molecule has 0 aromatic heterocycles. The van der Waals surface area contributed by atoms with Gasteiger partial charge in [0, 0.05) is 5.69 Å². The molecule has 2 aromatic rings. The van der Waals surface area contributed by atoms with Gasteiger partial charge in [0.25, 0.3) is 0 Å². The van der Waals surface area contributed by atoms with E-state index in [9.17, 15) is 27.2 Å². The predicted octanol–water partition coefficient (Wildman–Crippen LogP) is 4.07. The molecular formula is C19H17ClF4N2O3. The molecule has 0 heterocycles. The third-order valence-electron chi connectivity index (χ3n) is 3.79. The number of anilines is 1. The van der Waals surface area contributed by atoms with Crippen molar-refractivity contribution in [2.45, 2.75) is 25.2 Å². The van der Waals surface area contributed by atoms with E-state index in [0.717, 1.165) is 18.2 Å². The molecule has 1 atom stereocenters. The number of esters is 1. The van der Waals surface area contributed by atoms with E-state index >= 15 is 0 Å². The summed E-state index contributed by atoms with van der Waals surface area (Å²) in [5.41, 5.74) is -3.51. The zero-order valence-corrected chi connectivity index (χ0v) is 15.9. The molecule has 0 aliphatic carbocycles. The summed E-state index contributed by atoms with van der Waals surface area (Å²) in [6.45, 7) is 0.955. The normalized spacial score (nSPS) is 13.3. The molecule has 0 aliphatic rings. The van der Waals surface area contributed by atoms with E-state index in [1.165, 1.54) is 6.92 Å². The summed E-state index contributed by atoms with van der Waals surface area (Å²) in [6, 6.07) is 10.6. The minimum absolute atomic E-state index is 0.346. The second-order valence-corrected chi connectivity index (χ2v) is 6.34. The van der Waals surface area contributed by atoms with Crippen molar-refractivity contribution in [3.05, 3.63) is 64.9 Å². The van der Waals surface area contributed by atoms with E-state index in [-0.39, 0.29) is 12.3 Å². The number of rotatable bonds is 7. The molecule has 0 saturated heterocycles. The fraction of sp³-hybridized carbons (Fsp3) is 0.263. The molecule has 0 spiro atoms. The Hall–Kier alpha value is -2.81. The minimum atomic E-state index is -5.30. The van der Waals surface area contributed by atoms with E-state index in [0.29, 0.717) is 5.56 Å². The summed E-state index contributed by atoms with van der Waals surface area (Å²) >= 11 is 5.61. The maximum atomic E-state index is 14.0. The first-order valence-electron chi connectivity index (χ1n) is 8.41. The number of halogens is 5. The Morgan fingerprint density at radius 1 is 1.10 bits per heavy atom. The average Bonchev–Trinajstić information content (AvgIpc) is 2.64. The van der Waals surface area contributed by atoms with Crippen molar-refractivity contribution in [1.29, 1.82) is 0 Å². The van der Waals surface area contributed by atoms with Gasteiger partial charge in [0.15, 0.2) is 0 Å². The van der Waals surface area contributed by atoms with Crippen LogP contribution in [-0.4, -0.2) is 30.3 Å². The van der Waals surface area contributed by atoms with Crippen LogP contribution in [0.1, 0.15) is 12.5 Å². The van der Waals surface area contributed by atoms with Gasteiger partial charge in [0.1, 0.15) is 5.82 Å².